The monoisotopic (exact) mass is 221 g/mol. The molecule has 1 amide bonds. The fourth-order valence-corrected chi connectivity index (χ4v) is 2.31. The van der Waals surface area contributed by atoms with Crippen molar-refractivity contribution in [1.29, 1.82) is 0 Å². The number of allylic oxidation sites excluding steroid dienone is 3. The molecule has 0 aliphatic heterocycles. The molecule has 0 unspecified atom stereocenters. The van der Waals surface area contributed by atoms with E-state index in [-0.39, 0.29) is 11.3 Å². The fraction of sp³-hybridized carbons (Fsp3) is 0.643. The van der Waals surface area contributed by atoms with Crippen molar-refractivity contribution in [2.45, 2.75) is 40.0 Å². The van der Waals surface area contributed by atoms with Gasteiger partial charge in [-0.2, -0.15) is 0 Å². The van der Waals surface area contributed by atoms with E-state index in [0.29, 0.717) is 0 Å². The van der Waals surface area contributed by atoms with Gasteiger partial charge in [0.25, 0.3) is 0 Å². The summed E-state index contributed by atoms with van der Waals surface area (Å²) < 4.78 is 0. The first-order chi connectivity index (χ1) is 7.34. The van der Waals surface area contributed by atoms with Crippen molar-refractivity contribution >= 4 is 5.91 Å². The Morgan fingerprint density at radius 3 is 2.50 bits per heavy atom. The van der Waals surface area contributed by atoms with Crippen LogP contribution in [0.5, 0.6) is 0 Å². The Bertz CT molecular complexity index is 335. The molecule has 0 aromatic carbocycles. The number of nitrogens with zero attached hydrogens (tertiary/aromatic N) is 1. The summed E-state index contributed by atoms with van der Waals surface area (Å²) in [7, 11) is 3.56. The van der Waals surface area contributed by atoms with E-state index in [4.69, 9.17) is 0 Å². The maximum Gasteiger partial charge on any atom is 0.246 e. The molecule has 1 aliphatic rings. The predicted molar refractivity (Wildman–Crippen MR) is 68.2 cm³/mol. The minimum Gasteiger partial charge on any atom is -0.345 e. The van der Waals surface area contributed by atoms with E-state index >= 15 is 0 Å². The highest BCUT2D eigenvalue weighted by Gasteiger charge is 2.26. The van der Waals surface area contributed by atoms with Gasteiger partial charge in [0, 0.05) is 20.2 Å². The van der Waals surface area contributed by atoms with Gasteiger partial charge in [0.1, 0.15) is 0 Å². The molecular weight excluding hydrogens is 198 g/mol. The van der Waals surface area contributed by atoms with Crippen LogP contribution in [0.2, 0.25) is 0 Å². The Morgan fingerprint density at radius 1 is 1.38 bits per heavy atom. The van der Waals surface area contributed by atoms with Gasteiger partial charge in [0.15, 0.2) is 0 Å². The molecule has 0 saturated carbocycles. The van der Waals surface area contributed by atoms with Crippen LogP contribution in [0.4, 0.5) is 0 Å². The van der Waals surface area contributed by atoms with Crippen molar-refractivity contribution in [2.75, 3.05) is 14.1 Å². The Balaban J connectivity index is 2.90. The third kappa shape index (κ3) is 2.97. The topological polar surface area (TPSA) is 20.3 Å². The van der Waals surface area contributed by atoms with Crippen LogP contribution < -0.4 is 0 Å². The van der Waals surface area contributed by atoms with Gasteiger partial charge >= 0.3 is 0 Å². The van der Waals surface area contributed by atoms with Crippen molar-refractivity contribution in [3.05, 3.63) is 23.3 Å². The number of carbonyl (C=O) groups is 1. The zero-order valence-corrected chi connectivity index (χ0v) is 11.1. The van der Waals surface area contributed by atoms with Crippen molar-refractivity contribution in [1.82, 2.24) is 4.90 Å². The molecule has 0 atom stereocenters. The lowest BCUT2D eigenvalue weighted by atomic mass is 9.72. The van der Waals surface area contributed by atoms with E-state index in [9.17, 15) is 4.79 Å². The summed E-state index contributed by atoms with van der Waals surface area (Å²) in [6.07, 6.45) is 7.33. The van der Waals surface area contributed by atoms with Gasteiger partial charge in [-0.1, -0.05) is 25.5 Å². The summed E-state index contributed by atoms with van der Waals surface area (Å²) in [6.45, 7) is 6.70. The number of carbonyl (C=O) groups excluding carboxylic acids is 1. The number of likely N-dealkylation sites (N-methyl/N-ethyl adjacent to an activating group) is 1. The maximum atomic E-state index is 11.5. The molecule has 2 nitrogen and oxygen atoms in total. The van der Waals surface area contributed by atoms with Gasteiger partial charge in [-0.3, -0.25) is 4.79 Å². The molecule has 0 heterocycles. The standard InChI is InChI=1S/C14H23NO/c1-11-7-6-10-14(2,3)12(11)8-9-13(16)15(4)5/h8-9H,6-7,10H2,1-5H3. The van der Waals surface area contributed by atoms with Crippen LogP contribution in [0.25, 0.3) is 0 Å². The van der Waals surface area contributed by atoms with E-state index in [1.54, 1.807) is 25.1 Å². The molecule has 0 aromatic heterocycles. The summed E-state index contributed by atoms with van der Waals surface area (Å²) in [4.78, 5) is 13.1. The zero-order chi connectivity index (χ0) is 12.3. The summed E-state index contributed by atoms with van der Waals surface area (Å²) in [5.41, 5.74) is 2.99. The molecule has 1 aliphatic carbocycles. The second kappa shape index (κ2) is 4.86. The highest BCUT2D eigenvalue weighted by atomic mass is 16.2. The molecule has 0 fully saturated rings. The number of hydrogen-bond donors (Lipinski definition) is 0. The van der Waals surface area contributed by atoms with Gasteiger partial charge < -0.3 is 4.90 Å². The molecule has 1 rings (SSSR count). The normalized spacial score (nSPS) is 20.3. The third-order valence-electron chi connectivity index (χ3n) is 3.38. The molecule has 2 heteroatoms. The third-order valence-corrected chi connectivity index (χ3v) is 3.38. The Labute approximate surface area is 99.0 Å². The van der Waals surface area contributed by atoms with E-state index in [1.165, 1.54) is 30.4 Å². The molecule has 0 saturated heterocycles. The van der Waals surface area contributed by atoms with Gasteiger partial charge in [-0.05, 0) is 37.2 Å². The number of hydrogen-bond acceptors (Lipinski definition) is 1. The molecule has 0 radical (unpaired) electrons. The molecule has 0 N–H and O–H groups in total. The molecule has 90 valence electrons. The average Bonchev–Trinajstić information content (AvgIpc) is 2.15. The first kappa shape index (κ1) is 13.0. The van der Waals surface area contributed by atoms with E-state index in [2.05, 4.69) is 20.8 Å². The Morgan fingerprint density at radius 2 is 2.00 bits per heavy atom. The summed E-state index contributed by atoms with van der Waals surface area (Å²) >= 11 is 0. The molecule has 16 heavy (non-hydrogen) atoms. The van der Waals surface area contributed by atoms with Crippen LogP contribution in [0, 0.1) is 5.41 Å². The molecule has 0 aromatic rings. The van der Waals surface area contributed by atoms with E-state index in [0.717, 1.165) is 0 Å². The lowest BCUT2D eigenvalue weighted by Crippen LogP contribution is -2.21. The van der Waals surface area contributed by atoms with Crippen molar-refractivity contribution in [2.24, 2.45) is 5.41 Å². The van der Waals surface area contributed by atoms with Gasteiger partial charge in [0.05, 0.1) is 0 Å². The van der Waals surface area contributed by atoms with Gasteiger partial charge in [-0.25, -0.2) is 0 Å². The maximum absolute atomic E-state index is 11.5. The second-order valence-corrected chi connectivity index (χ2v) is 5.50. The summed E-state index contributed by atoms with van der Waals surface area (Å²) in [6, 6.07) is 0. The van der Waals surface area contributed by atoms with Crippen molar-refractivity contribution in [3.8, 4) is 0 Å². The van der Waals surface area contributed by atoms with Gasteiger partial charge in [0.2, 0.25) is 5.91 Å². The average molecular weight is 221 g/mol. The van der Waals surface area contributed by atoms with E-state index in [1.807, 2.05) is 6.08 Å². The van der Waals surface area contributed by atoms with Crippen LogP contribution in [0.1, 0.15) is 40.0 Å². The first-order valence-electron chi connectivity index (χ1n) is 5.94. The Kier molecular flexibility index (Phi) is 3.95. The number of amides is 1. The minimum absolute atomic E-state index is 0.0571. The Hall–Kier alpha value is -1.05. The minimum atomic E-state index is 0.0571. The SMILES string of the molecule is CC1=C(C=CC(=O)N(C)C)C(C)(C)CCC1. The largest absolute Gasteiger partial charge is 0.345 e. The van der Waals surface area contributed by atoms with Crippen molar-refractivity contribution in [3.63, 3.8) is 0 Å². The lowest BCUT2D eigenvalue weighted by molar-refractivity contribution is -0.123. The van der Waals surface area contributed by atoms with Crippen molar-refractivity contribution < 1.29 is 4.79 Å². The fourth-order valence-electron chi connectivity index (χ4n) is 2.31. The van der Waals surface area contributed by atoms with E-state index < -0.39 is 0 Å². The second-order valence-electron chi connectivity index (χ2n) is 5.50. The highest BCUT2D eigenvalue weighted by molar-refractivity contribution is 5.87. The summed E-state index contributed by atoms with van der Waals surface area (Å²) in [5, 5.41) is 0. The van der Waals surface area contributed by atoms with Crippen LogP contribution in [0.3, 0.4) is 0 Å². The lowest BCUT2D eigenvalue weighted by Gasteiger charge is -2.32. The molecular formula is C14H23NO. The number of rotatable bonds is 2. The smallest absolute Gasteiger partial charge is 0.246 e. The first-order valence-corrected chi connectivity index (χ1v) is 5.94. The quantitative estimate of drug-likeness (QED) is 0.656. The van der Waals surface area contributed by atoms with Crippen LogP contribution >= 0.6 is 0 Å². The highest BCUT2D eigenvalue weighted by Crippen LogP contribution is 2.40. The summed E-state index contributed by atoms with van der Waals surface area (Å²) in [5.74, 6) is 0.0571. The molecule has 0 spiro atoms. The predicted octanol–water partition coefficient (Wildman–Crippen LogP) is 3.16. The van der Waals surface area contributed by atoms with Crippen LogP contribution in [0.15, 0.2) is 23.3 Å². The molecule has 0 bridgehead atoms. The van der Waals surface area contributed by atoms with Gasteiger partial charge in [-0.15, -0.1) is 0 Å². The zero-order valence-electron chi connectivity index (χ0n) is 11.1. The van der Waals surface area contributed by atoms with Crippen LogP contribution in [-0.2, 0) is 4.79 Å². The van der Waals surface area contributed by atoms with Crippen LogP contribution in [-0.4, -0.2) is 24.9 Å².